The molecule has 6 nitrogen and oxygen atoms in total. The predicted molar refractivity (Wildman–Crippen MR) is 116 cm³/mol. The summed E-state index contributed by atoms with van der Waals surface area (Å²) < 4.78 is 6.24. The Balaban J connectivity index is 1.54. The molecule has 0 radical (unpaired) electrons. The smallest absolute Gasteiger partial charge is 0.239 e. The molecule has 0 aliphatic carbocycles. The Morgan fingerprint density at radius 1 is 1.10 bits per heavy atom. The number of carbonyl (C=O) groups is 2. The number of carbonyl (C=O) groups excluding carboxylic acids is 2. The number of amides is 2. The average Bonchev–Trinajstić information content (AvgIpc) is 3.12. The summed E-state index contributed by atoms with van der Waals surface area (Å²) in [7, 11) is 0. The second kappa shape index (κ2) is 8.14. The second-order valence-electron chi connectivity index (χ2n) is 7.82. The molecule has 0 spiro atoms. The molecule has 2 aromatic carbocycles. The number of nitrogens with one attached hydrogen (secondary N) is 2. The minimum atomic E-state index is -0.226. The third-order valence-corrected chi connectivity index (χ3v) is 5.21. The molecule has 1 aliphatic rings. The first kappa shape index (κ1) is 19.9. The Morgan fingerprint density at radius 3 is 2.73 bits per heavy atom. The zero-order valence-electron chi connectivity index (χ0n) is 17.4. The normalized spacial score (nSPS) is 14.8. The van der Waals surface area contributed by atoms with E-state index in [2.05, 4.69) is 52.9 Å². The molecule has 0 saturated heterocycles. The maximum absolute atomic E-state index is 11.9. The summed E-state index contributed by atoms with van der Waals surface area (Å²) in [6, 6.07) is 14.7. The van der Waals surface area contributed by atoms with Gasteiger partial charge in [-0.3, -0.25) is 14.6 Å². The van der Waals surface area contributed by atoms with Crippen molar-refractivity contribution in [3.63, 3.8) is 0 Å². The number of fused-ring (bicyclic) bond motifs is 2. The van der Waals surface area contributed by atoms with Crippen LogP contribution in [0, 0.1) is 13.8 Å². The fourth-order valence-corrected chi connectivity index (χ4v) is 3.81. The summed E-state index contributed by atoms with van der Waals surface area (Å²) in [5.74, 6) is 0.426. The van der Waals surface area contributed by atoms with Crippen LogP contribution >= 0.6 is 0 Å². The van der Waals surface area contributed by atoms with Gasteiger partial charge in [0, 0.05) is 30.0 Å². The van der Waals surface area contributed by atoms with E-state index in [1.54, 1.807) is 0 Å². The Bertz CT molecular complexity index is 1140. The fraction of sp³-hybridized carbons (Fsp3) is 0.292. The number of nitrogens with zero attached hydrogens (tertiary/aromatic N) is 1. The lowest BCUT2D eigenvalue weighted by Gasteiger charge is -2.14. The SMILES string of the molecule is CC(=O)NCC(=O)NCC1Cc2cc(C)cc(-c3ccc4nc(C)ccc4c3)c2O1. The Hall–Kier alpha value is -3.41. The van der Waals surface area contributed by atoms with E-state index >= 15 is 0 Å². The van der Waals surface area contributed by atoms with Crippen LogP contribution in [0.2, 0.25) is 0 Å². The number of aromatic nitrogens is 1. The third kappa shape index (κ3) is 4.27. The van der Waals surface area contributed by atoms with Crippen molar-refractivity contribution < 1.29 is 14.3 Å². The maximum atomic E-state index is 11.9. The molecule has 0 saturated carbocycles. The van der Waals surface area contributed by atoms with Crippen LogP contribution < -0.4 is 15.4 Å². The third-order valence-electron chi connectivity index (χ3n) is 5.21. The highest BCUT2D eigenvalue weighted by atomic mass is 16.5. The molecule has 1 atom stereocenters. The van der Waals surface area contributed by atoms with Gasteiger partial charge in [-0.1, -0.05) is 18.2 Å². The van der Waals surface area contributed by atoms with E-state index in [0.29, 0.717) is 6.54 Å². The van der Waals surface area contributed by atoms with Crippen molar-refractivity contribution in [3.8, 4) is 16.9 Å². The van der Waals surface area contributed by atoms with Gasteiger partial charge in [-0.15, -0.1) is 0 Å². The zero-order valence-corrected chi connectivity index (χ0v) is 17.4. The highest BCUT2D eigenvalue weighted by molar-refractivity contribution is 5.87. The number of hydrogen-bond donors (Lipinski definition) is 2. The molecule has 1 aliphatic heterocycles. The van der Waals surface area contributed by atoms with Gasteiger partial charge in [0.2, 0.25) is 11.8 Å². The van der Waals surface area contributed by atoms with Crippen LogP contribution in [0.15, 0.2) is 42.5 Å². The number of hydrogen-bond acceptors (Lipinski definition) is 4. The zero-order chi connectivity index (χ0) is 21.3. The first-order valence-electron chi connectivity index (χ1n) is 10.1. The van der Waals surface area contributed by atoms with Crippen LogP contribution in [0.1, 0.15) is 23.7 Å². The molecule has 2 N–H and O–H groups in total. The minimum absolute atomic E-state index is 0.0238. The van der Waals surface area contributed by atoms with Crippen molar-refractivity contribution >= 4 is 22.7 Å². The Labute approximate surface area is 175 Å². The fourth-order valence-electron chi connectivity index (χ4n) is 3.81. The predicted octanol–water partition coefficient (Wildman–Crippen LogP) is 3.07. The molecule has 3 aromatic rings. The summed E-state index contributed by atoms with van der Waals surface area (Å²) in [5, 5.41) is 6.42. The summed E-state index contributed by atoms with van der Waals surface area (Å²) >= 11 is 0. The monoisotopic (exact) mass is 403 g/mol. The van der Waals surface area contributed by atoms with E-state index < -0.39 is 0 Å². The van der Waals surface area contributed by atoms with Crippen molar-refractivity contribution in [2.75, 3.05) is 13.1 Å². The molecule has 4 rings (SSSR count). The molecule has 1 unspecified atom stereocenters. The maximum Gasteiger partial charge on any atom is 0.239 e. The van der Waals surface area contributed by atoms with Gasteiger partial charge in [0.15, 0.2) is 0 Å². The first-order chi connectivity index (χ1) is 14.4. The highest BCUT2D eigenvalue weighted by Crippen LogP contribution is 2.40. The molecule has 2 amide bonds. The van der Waals surface area contributed by atoms with E-state index in [4.69, 9.17) is 4.74 Å². The van der Waals surface area contributed by atoms with Gasteiger partial charge in [-0.2, -0.15) is 0 Å². The van der Waals surface area contributed by atoms with E-state index in [1.807, 2.05) is 19.1 Å². The Morgan fingerprint density at radius 2 is 1.93 bits per heavy atom. The number of pyridine rings is 1. The standard InChI is InChI=1S/C24H25N3O3/c1-14-8-19-11-20(12-26-23(29)13-25-16(3)28)30-24(19)21(9-14)17-6-7-22-18(10-17)5-4-15(2)27-22/h4-10,20H,11-13H2,1-3H3,(H,25,28)(H,26,29). The summed E-state index contributed by atoms with van der Waals surface area (Å²) in [6.45, 7) is 5.83. The van der Waals surface area contributed by atoms with Crippen molar-refractivity contribution in [1.29, 1.82) is 0 Å². The lowest BCUT2D eigenvalue weighted by Crippen LogP contribution is -2.40. The lowest BCUT2D eigenvalue weighted by molar-refractivity contribution is -0.125. The molecule has 30 heavy (non-hydrogen) atoms. The van der Waals surface area contributed by atoms with E-state index in [9.17, 15) is 9.59 Å². The van der Waals surface area contributed by atoms with Crippen LogP contribution in [0.4, 0.5) is 0 Å². The molecule has 2 heterocycles. The molecule has 0 fully saturated rings. The van der Waals surface area contributed by atoms with Gasteiger partial charge in [0.05, 0.1) is 18.6 Å². The van der Waals surface area contributed by atoms with E-state index in [0.717, 1.165) is 45.5 Å². The molecule has 154 valence electrons. The topological polar surface area (TPSA) is 80.3 Å². The highest BCUT2D eigenvalue weighted by Gasteiger charge is 2.26. The van der Waals surface area contributed by atoms with Crippen LogP contribution in [-0.4, -0.2) is 36.0 Å². The van der Waals surface area contributed by atoms with Gasteiger partial charge < -0.3 is 15.4 Å². The van der Waals surface area contributed by atoms with Crippen molar-refractivity contribution in [2.45, 2.75) is 33.3 Å². The van der Waals surface area contributed by atoms with Crippen molar-refractivity contribution in [3.05, 3.63) is 59.3 Å². The summed E-state index contributed by atoms with van der Waals surface area (Å²) in [4.78, 5) is 27.4. The van der Waals surface area contributed by atoms with Crippen molar-refractivity contribution in [1.82, 2.24) is 15.6 Å². The molecule has 1 aromatic heterocycles. The molecular weight excluding hydrogens is 378 g/mol. The number of ether oxygens (including phenoxy) is 1. The minimum Gasteiger partial charge on any atom is -0.487 e. The van der Waals surface area contributed by atoms with Crippen LogP contribution in [-0.2, 0) is 16.0 Å². The van der Waals surface area contributed by atoms with Gasteiger partial charge in [0.25, 0.3) is 0 Å². The molecular formula is C24H25N3O3. The largest absolute Gasteiger partial charge is 0.487 e. The second-order valence-corrected chi connectivity index (χ2v) is 7.82. The van der Waals surface area contributed by atoms with Gasteiger partial charge in [-0.05, 0) is 54.8 Å². The van der Waals surface area contributed by atoms with E-state index in [1.165, 1.54) is 12.5 Å². The van der Waals surface area contributed by atoms with E-state index in [-0.39, 0.29) is 24.5 Å². The quantitative estimate of drug-likeness (QED) is 0.686. The van der Waals surface area contributed by atoms with Crippen LogP contribution in [0.5, 0.6) is 5.75 Å². The van der Waals surface area contributed by atoms with Crippen molar-refractivity contribution in [2.24, 2.45) is 0 Å². The number of aryl methyl sites for hydroxylation is 2. The van der Waals surface area contributed by atoms with Crippen LogP contribution in [0.3, 0.4) is 0 Å². The lowest BCUT2D eigenvalue weighted by atomic mass is 9.97. The first-order valence-corrected chi connectivity index (χ1v) is 10.1. The Kier molecular flexibility index (Phi) is 5.40. The molecule has 0 bridgehead atoms. The average molecular weight is 403 g/mol. The molecule has 6 heteroatoms. The summed E-state index contributed by atoms with van der Waals surface area (Å²) in [5.41, 5.74) is 6.43. The number of benzene rings is 2. The summed E-state index contributed by atoms with van der Waals surface area (Å²) in [6.07, 6.45) is 0.602. The van der Waals surface area contributed by atoms with Crippen LogP contribution in [0.25, 0.3) is 22.0 Å². The van der Waals surface area contributed by atoms with Gasteiger partial charge in [0.1, 0.15) is 11.9 Å². The number of rotatable bonds is 5. The van der Waals surface area contributed by atoms with Gasteiger partial charge in [-0.25, -0.2) is 0 Å². The van der Waals surface area contributed by atoms with Gasteiger partial charge >= 0.3 is 0 Å².